The van der Waals surface area contributed by atoms with Gasteiger partial charge in [-0.2, -0.15) is 0 Å². The predicted molar refractivity (Wildman–Crippen MR) is 142 cm³/mol. The highest BCUT2D eigenvalue weighted by Crippen LogP contribution is 2.36. The first-order valence-electron chi connectivity index (χ1n) is 12.3. The Morgan fingerprint density at radius 1 is 0.846 bits per heavy atom. The van der Waals surface area contributed by atoms with E-state index in [4.69, 9.17) is 4.74 Å². The quantitative estimate of drug-likeness (QED) is 0.245. The van der Waals surface area contributed by atoms with E-state index in [1.165, 1.54) is 36.4 Å². The molecule has 1 saturated carbocycles. The largest absolute Gasteiger partial charge is 0.456 e. The number of sulfone groups is 1. The summed E-state index contributed by atoms with van der Waals surface area (Å²) < 4.78 is 72.1. The zero-order valence-corrected chi connectivity index (χ0v) is 21.5. The van der Waals surface area contributed by atoms with Crippen LogP contribution in [-0.4, -0.2) is 20.1 Å². The number of ether oxygens (including phenoxy) is 1. The zero-order chi connectivity index (χ0) is 27.6. The van der Waals surface area contributed by atoms with Gasteiger partial charge >= 0.3 is 0 Å². The van der Waals surface area contributed by atoms with E-state index >= 15 is 0 Å². The van der Waals surface area contributed by atoms with Gasteiger partial charge in [0.25, 0.3) is 0 Å². The molecular weight excluding hydrogens is 527 g/mol. The molecule has 0 unspecified atom stereocenters. The Morgan fingerprint density at radius 3 is 2.23 bits per heavy atom. The van der Waals surface area contributed by atoms with E-state index in [1.807, 2.05) is 0 Å². The maximum absolute atomic E-state index is 13.9. The van der Waals surface area contributed by atoms with Crippen LogP contribution in [0.25, 0.3) is 11.1 Å². The van der Waals surface area contributed by atoms with Gasteiger partial charge in [0.2, 0.25) is 5.91 Å². The fourth-order valence-corrected chi connectivity index (χ4v) is 5.89. The standard InChI is InChI=1S/C30H24F3NO4S/c31-22-3-1-2-21(13-22)28-11-8-25(17-29(28)38-26-15-23(32)14-24(33)16-26)34-30(35)12-19-6-9-27(10-7-19)39(36,37)18-20-4-5-20/h1-3,6-11,13-17,20H,4-5,12,18H2,(H,34,35). The van der Waals surface area contributed by atoms with Gasteiger partial charge in [0.15, 0.2) is 9.84 Å². The number of hydrogen-bond acceptors (Lipinski definition) is 4. The van der Waals surface area contributed by atoms with E-state index in [0.29, 0.717) is 28.4 Å². The normalized spacial score (nSPS) is 13.2. The summed E-state index contributed by atoms with van der Waals surface area (Å²) >= 11 is 0. The minimum Gasteiger partial charge on any atom is -0.456 e. The van der Waals surface area contributed by atoms with E-state index in [2.05, 4.69) is 5.32 Å². The van der Waals surface area contributed by atoms with Crippen molar-refractivity contribution < 1.29 is 31.1 Å². The number of halogens is 3. The van der Waals surface area contributed by atoms with Crippen molar-refractivity contribution in [3.8, 4) is 22.6 Å². The van der Waals surface area contributed by atoms with E-state index < -0.39 is 27.3 Å². The Labute approximate surface area is 224 Å². The maximum Gasteiger partial charge on any atom is 0.228 e. The van der Waals surface area contributed by atoms with Crippen molar-refractivity contribution in [3.63, 3.8) is 0 Å². The molecule has 1 fully saturated rings. The lowest BCUT2D eigenvalue weighted by Crippen LogP contribution is -2.14. The molecular formula is C30H24F3NO4S. The number of anilines is 1. The van der Waals surface area contributed by atoms with Crippen LogP contribution < -0.4 is 10.1 Å². The molecule has 0 bridgehead atoms. The summed E-state index contributed by atoms with van der Waals surface area (Å²) in [4.78, 5) is 13.0. The van der Waals surface area contributed by atoms with Gasteiger partial charge in [0.05, 0.1) is 17.1 Å². The van der Waals surface area contributed by atoms with Crippen LogP contribution in [0.5, 0.6) is 11.5 Å². The Hall–Kier alpha value is -4.11. The SMILES string of the molecule is O=C(Cc1ccc(S(=O)(=O)CC2CC2)cc1)Nc1ccc(-c2cccc(F)c2)c(Oc2cc(F)cc(F)c2)c1. The Bertz CT molecular complexity index is 1610. The molecule has 0 aliphatic heterocycles. The van der Waals surface area contributed by atoms with Crippen LogP contribution >= 0.6 is 0 Å². The molecule has 0 spiro atoms. The van der Waals surface area contributed by atoms with Crippen LogP contribution in [0.1, 0.15) is 18.4 Å². The number of hydrogen-bond donors (Lipinski definition) is 1. The molecule has 1 aliphatic carbocycles. The Morgan fingerprint density at radius 2 is 1.56 bits per heavy atom. The first-order valence-corrected chi connectivity index (χ1v) is 14.0. The monoisotopic (exact) mass is 551 g/mol. The minimum absolute atomic E-state index is 0.0140. The third-order valence-electron chi connectivity index (χ3n) is 6.26. The van der Waals surface area contributed by atoms with Gasteiger partial charge in [-0.05, 0) is 66.3 Å². The Balaban J connectivity index is 1.35. The van der Waals surface area contributed by atoms with Crippen molar-refractivity contribution in [2.75, 3.05) is 11.1 Å². The number of carbonyl (C=O) groups is 1. The second kappa shape index (κ2) is 10.9. The highest BCUT2D eigenvalue weighted by molar-refractivity contribution is 7.91. The number of rotatable bonds is 9. The van der Waals surface area contributed by atoms with Crippen molar-refractivity contribution in [1.82, 2.24) is 0 Å². The van der Waals surface area contributed by atoms with E-state index in [1.54, 1.807) is 30.3 Å². The van der Waals surface area contributed by atoms with Crippen LogP contribution in [0, 0.1) is 23.4 Å². The molecule has 1 amide bonds. The molecule has 5 nitrogen and oxygen atoms in total. The number of nitrogens with one attached hydrogen (secondary N) is 1. The van der Waals surface area contributed by atoms with Gasteiger partial charge in [-0.3, -0.25) is 4.79 Å². The van der Waals surface area contributed by atoms with Crippen molar-refractivity contribution >= 4 is 21.4 Å². The summed E-state index contributed by atoms with van der Waals surface area (Å²) in [6.07, 6.45) is 1.86. The Kier molecular flexibility index (Phi) is 7.43. The highest BCUT2D eigenvalue weighted by atomic mass is 32.2. The molecule has 5 rings (SSSR count). The van der Waals surface area contributed by atoms with Crippen LogP contribution in [0.15, 0.2) is 89.8 Å². The molecule has 0 heterocycles. The lowest BCUT2D eigenvalue weighted by molar-refractivity contribution is -0.115. The van der Waals surface area contributed by atoms with Crippen LogP contribution in [-0.2, 0) is 21.1 Å². The van der Waals surface area contributed by atoms with Crippen molar-refractivity contribution in [2.24, 2.45) is 5.92 Å². The molecule has 0 aromatic heterocycles. The molecule has 9 heteroatoms. The van der Waals surface area contributed by atoms with Crippen LogP contribution in [0.2, 0.25) is 0 Å². The van der Waals surface area contributed by atoms with E-state index in [9.17, 15) is 26.4 Å². The lowest BCUT2D eigenvalue weighted by atomic mass is 10.0. The molecule has 1 aliphatic rings. The fraction of sp³-hybridized carbons (Fsp3) is 0.167. The van der Waals surface area contributed by atoms with Gasteiger partial charge in [-0.25, -0.2) is 21.6 Å². The van der Waals surface area contributed by atoms with Gasteiger partial charge in [-0.15, -0.1) is 0 Å². The lowest BCUT2D eigenvalue weighted by Gasteiger charge is -2.14. The molecule has 4 aromatic rings. The summed E-state index contributed by atoms with van der Waals surface area (Å²) in [5, 5.41) is 2.75. The number of benzene rings is 4. The number of amides is 1. The van der Waals surface area contributed by atoms with E-state index in [-0.39, 0.29) is 40.4 Å². The molecule has 39 heavy (non-hydrogen) atoms. The summed E-state index contributed by atoms with van der Waals surface area (Å²) in [6, 6.07) is 19.4. The molecule has 0 atom stereocenters. The molecule has 4 aromatic carbocycles. The summed E-state index contributed by atoms with van der Waals surface area (Å²) in [5.41, 5.74) is 1.88. The average molecular weight is 552 g/mol. The first kappa shape index (κ1) is 26.5. The molecule has 0 radical (unpaired) electrons. The summed E-state index contributed by atoms with van der Waals surface area (Å²) in [7, 11) is -3.34. The molecule has 1 N–H and O–H groups in total. The summed E-state index contributed by atoms with van der Waals surface area (Å²) in [6.45, 7) is 0. The van der Waals surface area contributed by atoms with Crippen molar-refractivity contribution in [1.29, 1.82) is 0 Å². The fourth-order valence-electron chi connectivity index (χ4n) is 4.19. The average Bonchev–Trinajstić information content (AvgIpc) is 3.67. The first-order chi connectivity index (χ1) is 18.6. The topological polar surface area (TPSA) is 72.5 Å². The maximum atomic E-state index is 13.9. The van der Waals surface area contributed by atoms with Crippen molar-refractivity contribution in [2.45, 2.75) is 24.2 Å². The zero-order valence-electron chi connectivity index (χ0n) is 20.7. The van der Waals surface area contributed by atoms with Gasteiger partial charge in [-0.1, -0.05) is 24.3 Å². The molecule has 200 valence electrons. The number of carbonyl (C=O) groups excluding carboxylic acids is 1. The van der Waals surface area contributed by atoms with Gasteiger partial charge in [0, 0.05) is 35.5 Å². The smallest absolute Gasteiger partial charge is 0.228 e. The van der Waals surface area contributed by atoms with E-state index in [0.717, 1.165) is 25.0 Å². The molecule has 0 saturated heterocycles. The second-order valence-corrected chi connectivity index (χ2v) is 11.6. The van der Waals surface area contributed by atoms with Crippen molar-refractivity contribution in [3.05, 3.63) is 108 Å². The third kappa shape index (κ3) is 6.86. The second-order valence-electron chi connectivity index (χ2n) is 9.52. The highest BCUT2D eigenvalue weighted by Gasteiger charge is 2.29. The minimum atomic E-state index is -3.34. The third-order valence-corrected chi connectivity index (χ3v) is 8.16. The predicted octanol–water partition coefficient (Wildman–Crippen LogP) is 6.93. The van der Waals surface area contributed by atoms with Crippen LogP contribution in [0.3, 0.4) is 0 Å². The van der Waals surface area contributed by atoms with Crippen LogP contribution in [0.4, 0.5) is 18.9 Å². The van der Waals surface area contributed by atoms with Gasteiger partial charge in [0.1, 0.15) is 29.0 Å². The summed E-state index contributed by atoms with van der Waals surface area (Å²) in [5.74, 6) is -2.07. The van der Waals surface area contributed by atoms with Gasteiger partial charge < -0.3 is 10.1 Å².